The third-order valence-corrected chi connectivity index (χ3v) is 2.16. The van der Waals surface area contributed by atoms with Crippen LogP contribution in [0.3, 0.4) is 0 Å². The number of carbonyl (C=O) groups excluding carboxylic acids is 1. The molecule has 1 fully saturated rings. The summed E-state index contributed by atoms with van der Waals surface area (Å²) in [7, 11) is 0. The Labute approximate surface area is 72.5 Å². The van der Waals surface area contributed by atoms with Gasteiger partial charge in [0.05, 0.1) is 0 Å². The molecule has 12 heavy (non-hydrogen) atoms. The van der Waals surface area contributed by atoms with Crippen LogP contribution in [0.2, 0.25) is 0 Å². The van der Waals surface area contributed by atoms with Crippen molar-refractivity contribution in [3.05, 3.63) is 0 Å². The van der Waals surface area contributed by atoms with Crippen LogP contribution in [-0.4, -0.2) is 25.8 Å². The molecule has 0 aromatic carbocycles. The molecular weight excluding hydrogens is 156 g/mol. The minimum Gasteiger partial charge on any atom is -0.450 e. The van der Waals surface area contributed by atoms with Gasteiger partial charge < -0.3 is 10.1 Å². The van der Waals surface area contributed by atoms with E-state index >= 15 is 0 Å². The van der Waals surface area contributed by atoms with Gasteiger partial charge in [-0.25, -0.2) is 0 Å². The van der Waals surface area contributed by atoms with Crippen LogP contribution in [0.5, 0.6) is 0 Å². The topological polar surface area (TPSA) is 64.3 Å². The van der Waals surface area contributed by atoms with E-state index < -0.39 is 0 Å². The predicted molar refractivity (Wildman–Crippen MR) is 45.4 cm³/mol. The predicted octanol–water partition coefficient (Wildman–Crippen LogP) is -0.165. The summed E-state index contributed by atoms with van der Waals surface area (Å²) < 4.78 is 4.66. The molecule has 0 aromatic rings. The fourth-order valence-electron chi connectivity index (χ4n) is 1.47. The lowest BCUT2D eigenvalue weighted by atomic mass is 9.95. The van der Waals surface area contributed by atoms with Crippen molar-refractivity contribution < 1.29 is 9.53 Å². The van der Waals surface area contributed by atoms with E-state index in [9.17, 15) is 4.79 Å². The zero-order valence-electron chi connectivity index (χ0n) is 7.21. The maximum absolute atomic E-state index is 11.0. The van der Waals surface area contributed by atoms with Crippen molar-refractivity contribution in [2.24, 2.45) is 11.7 Å². The second kappa shape index (κ2) is 5.11. The number of carbonyl (C=O) groups is 1. The van der Waals surface area contributed by atoms with E-state index in [1.54, 1.807) is 0 Å². The summed E-state index contributed by atoms with van der Waals surface area (Å²) in [6.07, 6.45) is 2.66. The Morgan fingerprint density at radius 2 is 2.17 bits per heavy atom. The first kappa shape index (κ1) is 9.48. The van der Waals surface area contributed by atoms with E-state index in [-0.39, 0.29) is 12.7 Å². The lowest BCUT2D eigenvalue weighted by Crippen LogP contribution is -2.29. The van der Waals surface area contributed by atoms with E-state index in [0.717, 1.165) is 25.9 Å². The van der Waals surface area contributed by atoms with Crippen LogP contribution in [0, 0.1) is 5.92 Å². The van der Waals surface area contributed by atoms with Crippen LogP contribution in [0.4, 0.5) is 0 Å². The Balaban J connectivity index is 2.15. The zero-order chi connectivity index (χ0) is 8.81. The molecule has 0 saturated carbocycles. The quantitative estimate of drug-likeness (QED) is 0.458. The van der Waals surface area contributed by atoms with Crippen LogP contribution >= 0.6 is 0 Å². The molecule has 1 aliphatic rings. The standard InChI is InChI=1S/C8H16N2O2/c9-6-12-8(11)5-7-1-3-10-4-2-7/h7,10H,1-6,9H2. The van der Waals surface area contributed by atoms with Crippen LogP contribution in [0.1, 0.15) is 19.3 Å². The first-order valence-electron chi connectivity index (χ1n) is 4.39. The summed E-state index contributed by atoms with van der Waals surface area (Å²) >= 11 is 0. The minimum absolute atomic E-state index is 0.00377. The number of nitrogens with one attached hydrogen (secondary N) is 1. The van der Waals surface area contributed by atoms with Crippen molar-refractivity contribution in [3.63, 3.8) is 0 Å². The normalized spacial score (nSPS) is 19.1. The average molecular weight is 172 g/mol. The van der Waals surface area contributed by atoms with Gasteiger partial charge in [0.2, 0.25) is 0 Å². The van der Waals surface area contributed by atoms with Crippen molar-refractivity contribution in [1.29, 1.82) is 0 Å². The third-order valence-electron chi connectivity index (χ3n) is 2.16. The summed E-state index contributed by atoms with van der Waals surface area (Å²) in [5, 5.41) is 3.24. The molecular formula is C8H16N2O2. The van der Waals surface area contributed by atoms with Crippen LogP contribution in [0.15, 0.2) is 0 Å². The largest absolute Gasteiger partial charge is 0.450 e. The van der Waals surface area contributed by atoms with E-state index in [1.807, 2.05) is 0 Å². The highest BCUT2D eigenvalue weighted by Gasteiger charge is 2.16. The maximum Gasteiger partial charge on any atom is 0.307 e. The first-order valence-corrected chi connectivity index (χ1v) is 4.39. The summed E-state index contributed by atoms with van der Waals surface area (Å²) in [6.45, 7) is 2.03. The first-order chi connectivity index (χ1) is 5.83. The van der Waals surface area contributed by atoms with Gasteiger partial charge in [-0.2, -0.15) is 0 Å². The molecule has 1 heterocycles. The van der Waals surface area contributed by atoms with Gasteiger partial charge in [-0.05, 0) is 31.8 Å². The molecule has 3 N–H and O–H groups in total. The van der Waals surface area contributed by atoms with E-state index in [2.05, 4.69) is 10.1 Å². The Hall–Kier alpha value is -0.610. The number of esters is 1. The van der Waals surface area contributed by atoms with Gasteiger partial charge in [-0.15, -0.1) is 0 Å². The van der Waals surface area contributed by atoms with Crippen molar-refractivity contribution in [2.75, 3.05) is 19.8 Å². The summed E-state index contributed by atoms with van der Waals surface area (Å²) in [4.78, 5) is 11.0. The van der Waals surface area contributed by atoms with Crippen LogP contribution in [0.25, 0.3) is 0 Å². The number of nitrogens with two attached hydrogens (primary N) is 1. The number of hydrogen-bond donors (Lipinski definition) is 2. The number of rotatable bonds is 3. The van der Waals surface area contributed by atoms with Crippen LogP contribution in [-0.2, 0) is 9.53 Å². The Bertz CT molecular complexity index is 144. The highest BCUT2D eigenvalue weighted by atomic mass is 16.5. The maximum atomic E-state index is 11.0. The molecule has 0 bridgehead atoms. The van der Waals surface area contributed by atoms with Gasteiger partial charge in [0, 0.05) is 6.42 Å². The average Bonchev–Trinajstić information content (AvgIpc) is 2.06. The molecule has 1 rings (SSSR count). The molecule has 0 aromatic heterocycles. The second-order valence-electron chi connectivity index (χ2n) is 3.08. The number of piperidine rings is 1. The lowest BCUT2D eigenvalue weighted by Gasteiger charge is -2.21. The van der Waals surface area contributed by atoms with Crippen molar-refractivity contribution >= 4 is 5.97 Å². The van der Waals surface area contributed by atoms with Crippen molar-refractivity contribution in [3.8, 4) is 0 Å². The van der Waals surface area contributed by atoms with Gasteiger partial charge in [0.1, 0.15) is 6.73 Å². The molecule has 1 saturated heterocycles. The Morgan fingerprint density at radius 3 is 2.75 bits per heavy atom. The van der Waals surface area contributed by atoms with E-state index in [1.165, 1.54) is 0 Å². The monoisotopic (exact) mass is 172 g/mol. The Morgan fingerprint density at radius 1 is 1.50 bits per heavy atom. The second-order valence-corrected chi connectivity index (χ2v) is 3.08. The number of hydrogen-bond acceptors (Lipinski definition) is 4. The minimum atomic E-state index is -0.163. The van der Waals surface area contributed by atoms with E-state index in [4.69, 9.17) is 5.73 Å². The highest BCUT2D eigenvalue weighted by molar-refractivity contribution is 5.69. The van der Waals surface area contributed by atoms with Crippen LogP contribution < -0.4 is 11.1 Å². The molecule has 0 atom stereocenters. The summed E-state index contributed by atoms with van der Waals surface area (Å²) in [5.41, 5.74) is 5.08. The SMILES string of the molecule is NCOC(=O)CC1CCNCC1. The smallest absolute Gasteiger partial charge is 0.307 e. The molecule has 0 radical (unpaired) electrons. The fraction of sp³-hybridized carbons (Fsp3) is 0.875. The van der Waals surface area contributed by atoms with Gasteiger partial charge in [-0.3, -0.25) is 10.5 Å². The summed E-state index contributed by atoms with van der Waals surface area (Å²) in [6, 6.07) is 0. The molecule has 0 unspecified atom stereocenters. The zero-order valence-corrected chi connectivity index (χ0v) is 7.21. The lowest BCUT2D eigenvalue weighted by molar-refractivity contribution is -0.144. The highest BCUT2D eigenvalue weighted by Crippen LogP contribution is 2.15. The molecule has 70 valence electrons. The van der Waals surface area contributed by atoms with Gasteiger partial charge >= 0.3 is 5.97 Å². The molecule has 0 spiro atoms. The van der Waals surface area contributed by atoms with Crippen molar-refractivity contribution in [1.82, 2.24) is 5.32 Å². The molecule has 4 nitrogen and oxygen atoms in total. The van der Waals surface area contributed by atoms with Gasteiger partial charge in [0.25, 0.3) is 0 Å². The molecule has 0 aliphatic carbocycles. The molecule has 4 heteroatoms. The van der Waals surface area contributed by atoms with Gasteiger partial charge in [0.15, 0.2) is 0 Å². The Kier molecular flexibility index (Phi) is 4.04. The molecule has 1 aliphatic heterocycles. The fourth-order valence-corrected chi connectivity index (χ4v) is 1.47. The van der Waals surface area contributed by atoms with Crippen molar-refractivity contribution in [2.45, 2.75) is 19.3 Å². The van der Waals surface area contributed by atoms with Gasteiger partial charge in [-0.1, -0.05) is 0 Å². The summed E-state index contributed by atoms with van der Waals surface area (Å²) in [5.74, 6) is 0.328. The third kappa shape index (κ3) is 3.19. The molecule has 0 amide bonds. The number of ether oxygens (including phenoxy) is 1. The van der Waals surface area contributed by atoms with E-state index in [0.29, 0.717) is 12.3 Å².